The van der Waals surface area contributed by atoms with Crippen molar-refractivity contribution in [3.05, 3.63) is 30.3 Å². The molecule has 3 fully saturated rings. The first kappa shape index (κ1) is 51.4. The monoisotopic (exact) mass is 887 g/mol. The van der Waals surface area contributed by atoms with Crippen molar-refractivity contribution in [2.24, 2.45) is 17.8 Å². The number of cyclic esters (lactones) is 1. The molecule has 0 aliphatic carbocycles. The number of hydrogen-bond acceptors (Lipinski definition) is 14. The highest BCUT2D eigenvalue weighted by Crippen LogP contribution is 2.44. The van der Waals surface area contributed by atoms with Crippen molar-refractivity contribution < 1.29 is 63.5 Å². The predicted molar refractivity (Wildman–Crippen MR) is 229 cm³/mol. The molecule has 0 saturated carbocycles. The second kappa shape index (κ2) is 20.8. The number of nitrogens with one attached hydrogen (secondary N) is 2. The molecule has 350 valence electrons. The third-order valence-corrected chi connectivity index (χ3v) is 14.0. The van der Waals surface area contributed by atoms with Gasteiger partial charge in [0, 0.05) is 38.2 Å². The van der Waals surface area contributed by atoms with Gasteiger partial charge in [-0.2, -0.15) is 0 Å². The van der Waals surface area contributed by atoms with E-state index in [1.165, 1.54) is 18.9 Å². The van der Waals surface area contributed by atoms with Gasteiger partial charge in [0.25, 0.3) is 0 Å². The lowest BCUT2D eigenvalue weighted by atomic mass is 9.76. The van der Waals surface area contributed by atoms with Crippen molar-refractivity contribution in [3.8, 4) is 0 Å². The normalized spacial score (nSPS) is 44.6. The second-order valence-corrected chi connectivity index (χ2v) is 18.9. The molecule has 3 aliphatic rings. The van der Waals surface area contributed by atoms with Crippen LogP contribution in [0.2, 0.25) is 0 Å². The van der Waals surface area contributed by atoms with Gasteiger partial charge in [0.15, 0.2) is 12.6 Å². The number of para-hydroxylation sites is 1. The minimum atomic E-state index is -1.86. The minimum Gasteiger partial charge on any atom is -0.459 e. The molecule has 3 saturated heterocycles. The van der Waals surface area contributed by atoms with Gasteiger partial charge < -0.3 is 69.5 Å². The molecule has 1 aromatic rings. The number of ether oxygens (including phenoxy) is 6. The smallest absolute Gasteiger partial charge is 0.321 e. The summed E-state index contributed by atoms with van der Waals surface area (Å²) >= 11 is 6.30. The number of urea groups is 1. The standard InChI is InChI=1S/C44H74ClN3O13/c1-13-32-43(10,54)36(50)28(6)46-22-24(2)20-41(8,53)37(61-39-34(49)31(19-25(3)57-39)48(11)40(52)47-30-17-15-14-16-18-30)26(4)35(27(5)38(51)59-32)60-33-21-42(9,56-12)44(55,23-45)29(7)58-33/h14-18,24-29,31-37,39,46,49-50,53-55H,13,19-23H2,1-12H3,(H,47,52)/t24-,25-,26+,27-,28-,29+,31+,32-,33+,34-,35+,36-,37-,39+,41-,42-,43-,44+/m1/s1. The summed E-state index contributed by atoms with van der Waals surface area (Å²) in [7, 11) is 3.04. The number of methoxy groups -OCH3 is 1. The molecule has 1 aromatic carbocycles. The number of anilines is 1. The van der Waals surface area contributed by atoms with Gasteiger partial charge in [0.2, 0.25) is 0 Å². The van der Waals surface area contributed by atoms with Crippen LogP contribution < -0.4 is 10.6 Å². The highest BCUT2D eigenvalue weighted by Gasteiger charge is 2.58. The molecule has 17 heteroatoms. The van der Waals surface area contributed by atoms with Crippen molar-refractivity contribution in [1.29, 1.82) is 0 Å². The first-order valence-corrected chi connectivity index (χ1v) is 22.2. The van der Waals surface area contributed by atoms with Crippen LogP contribution in [0.1, 0.15) is 94.9 Å². The summed E-state index contributed by atoms with van der Waals surface area (Å²) in [6, 6.07) is 7.08. The lowest BCUT2D eigenvalue weighted by Crippen LogP contribution is -2.67. The Morgan fingerprint density at radius 2 is 1.64 bits per heavy atom. The fraction of sp³-hybridized carbons (Fsp3) is 0.818. The first-order chi connectivity index (χ1) is 28.4. The largest absolute Gasteiger partial charge is 0.459 e. The van der Waals surface area contributed by atoms with E-state index in [1.54, 1.807) is 86.7 Å². The van der Waals surface area contributed by atoms with E-state index in [-0.39, 0.29) is 37.5 Å². The summed E-state index contributed by atoms with van der Waals surface area (Å²) in [5, 5.41) is 65.5. The zero-order valence-electron chi connectivity index (χ0n) is 38.0. The van der Waals surface area contributed by atoms with Crippen LogP contribution in [0.3, 0.4) is 0 Å². The van der Waals surface area contributed by atoms with Crippen LogP contribution in [0.25, 0.3) is 0 Å². The van der Waals surface area contributed by atoms with E-state index in [1.807, 2.05) is 13.0 Å². The van der Waals surface area contributed by atoms with E-state index in [0.717, 1.165) is 0 Å². The number of carbonyl (C=O) groups excluding carboxylic acids is 2. The van der Waals surface area contributed by atoms with Crippen LogP contribution in [0.4, 0.5) is 10.5 Å². The van der Waals surface area contributed by atoms with Gasteiger partial charge in [-0.3, -0.25) is 4.79 Å². The second-order valence-electron chi connectivity index (χ2n) is 18.6. The number of alkyl halides is 1. The quantitative estimate of drug-likeness (QED) is 0.139. The van der Waals surface area contributed by atoms with Crippen LogP contribution in [-0.4, -0.2) is 159 Å². The number of halogens is 1. The van der Waals surface area contributed by atoms with Crippen LogP contribution in [-0.2, 0) is 33.2 Å². The molecule has 61 heavy (non-hydrogen) atoms. The molecule has 0 unspecified atom stereocenters. The van der Waals surface area contributed by atoms with Crippen molar-refractivity contribution in [3.63, 3.8) is 0 Å². The van der Waals surface area contributed by atoms with Crippen molar-refractivity contribution in [2.75, 3.05) is 31.9 Å². The third kappa shape index (κ3) is 11.4. The lowest BCUT2D eigenvalue weighted by Gasteiger charge is -2.53. The third-order valence-electron chi connectivity index (χ3n) is 13.6. The van der Waals surface area contributed by atoms with Crippen molar-refractivity contribution in [1.82, 2.24) is 10.2 Å². The van der Waals surface area contributed by atoms with Gasteiger partial charge in [-0.15, -0.1) is 11.6 Å². The number of rotatable bonds is 9. The van der Waals surface area contributed by atoms with E-state index in [2.05, 4.69) is 10.6 Å². The van der Waals surface area contributed by atoms with Crippen molar-refractivity contribution >= 4 is 29.3 Å². The van der Waals surface area contributed by atoms with Gasteiger partial charge in [0.1, 0.15) is 35.1 Å². The Balaban J connectivity index is 1.79. The molecule has 3 heterocycles. The molecule has 7 N–H and O–H groups in total. The Morgan fingerprint density at radius 3 is 2.23 bits per heavy atom. The summed E-state index contributed by atoms with van der Waals surface area (Å²) < 4.78 is 37.9. The maximum atomic E-state index is 14.4. The van der Waals surface area contributed by atoms with Crippen LogP contribution >= 0.6 is 11.6 Å². The number of hydrogen-bond donors (Lipinski definition) is 7. The summed E-state index contributed by atoms with van der Waals surface area (Å²) in [6.45, 7) is 17.2. The van der Waals surface area contributed by atoms with Crippen LogP contribution in [0, 0.1) is 17.8 Å². The zero-order chi connectivity index (χ0) is 45.8. The number of aliphatic hydroxyl groups is 5. The molecule has 0 radical (unpaired) electrons. The highest BCUT2D eigenvalue weighted by molar-refractivity contribution is 6.18. The van der Waals surface area contributed by atoms with Crippen LogP contribution in [0.15, 0.2) is 30.3 Å². The Labute approximate surface area is 366 Å². The molecule has 3 aliphatic heterocycles. The summed E-state index contributed by atoms with van der Waals surface area (Å²) in [5.41, 5.74) is -5.83. The molecule has 0 aromatic heterocycles. The van der Waals surface area contributed by atoms with Gasteiger partial charge in [0.05, 0.1) is 47.9 Å². The number of nitrogens with zero attached hydrogens (tertiary/aromatic N) is 1. The summed E-state index contributed by atoms with van der Waals surface area (Å²) in [6.07, 6.45) is -9.46. The number of esters is 1. The Kier molecular flexibility index (Phi) is 17.5. The maximum absolute atomic E-state index is 14.4. The Hall–Kier alpha value is -2.19. The lowest BCUT2D eigenvalue weighted by molar-refractivity contribution is -0.333. The maximum Gasteiger partial charge on any atom is 0.321 e. The van der Waals surface area contributed by atoms with Crippen LogP contribution in [0.5, 0.6) is 0 Å². The van der Waals surface area contributed by atoms with E-state index in [9.17, 15) is 35.1 Å². The molecular weight excluding hydrogens is 814 g/mol. The van der Waals surface area contributed by atoms with E-state index in [4.69, 9.17) is 40.0 Å². The molecule has 16 nitrogen and oxygen atoms in total. The average molecular weight is 889 g/mol. The number of likely N-dealkylation sites (N-methyl/N-ethyl adjacent to an activating group) is 1. The molecule has 4 rings (SSSR count). The number of amides is 2. The zero-order valence-corrected chi connectivity index (χ0v) is 38.8. The highest BCUT2D eigenvalue weighted by atomic mass is 35.5. The van der Waals surface area contributed by atoms with E-state index >= 15 is 0 Å². The summed E-state index contributed by atoms with van der Waals surface area (Å²) in [4.78, 5) is 29.2. The minimum absolute atomic E-state index is 0.00985. The Bertz CT molecular complexity index is 1580. The fourth-order valence-corrected chi connectivity index (χ4v) is 9.93. The molecule has 2 amide bonds. The van der Waals surface area contributed by atoms with Gasteiger partial charge >= 0.3 is 12.0 Å². The Morgan fingerprint density at radius 1 is 1.00 bits per heavy atom. The number of aliphatic hydroxyl groups excluding tert-OH is 2. The van der Waals surface area contributed by atoms with Gasteiger partial charge in [-0.1, -0.05) is 39.0 Å². The van der Waals surface area contributed by atoms with Gasteiger partial charge in [-0.25, -0.2) is 4.79 Å². The molecular formula is C44H74ClN3O13. The topological polar surface area (TPSA) is 218 Å². The van der Waals surface area contributed by atoms with E-state index in [0.29, 0.717) is 12.2 Å². The summed E-state index contributed by atoms with van der Waals surface area (Å²) in [5.74, 6) is -3.21. The SMILES string of the molecule is CC[C@H]1OC(=O)[C@H](C)[C@@H](O[C@H]2C[C@@](C)(OC)[C@](O)(CCl)[C@H](C)O2)[C@H](C)[C@@H](O[C@@H]2O[C@H](C)C[C@H](N(C)C(=O)Nc3ccccc3)[C@H]2O)[C@](C)(O)C[C@@H](C)CN[C@H](C)[C@@H](O)[C@]1(C)O. The molecule has 0 bridgehead atoms. The first-order valence-electron chi connectivity index (χ1n) is 21.7. The predicted octanol–water partition coefficient (Wildman–Crippen LogP) is 3.77. The average Bonchev–Trinajstić information content (AvgIpc) is 3.21. The number of benzene rings is 1. The number of carbonyl (C=O) groups is 2. The van der Waals surface area contributed by atoms with Gasteiger partial charge in [-0.05, 0) is 92.3 Å². The van der Waals surface area contributed by atoms with E-state index < -0.39 is 114 Å². The molecule has 0 spiro atoms. The van der Waals surface area contributed by atoms with Crippen molar-refractivity contribution in [2.45, 2.75) is 185 Å². The fourth-order valence-electron chi connectivity index (χ4n) is 9.43. The molecule has 18 atom stereocenters.